The number of cyclic esters (lactones) is 1. The summed E-state index contributed by atoms with van der Waals surface area (Å²) < 4.78 is 21.4. The van der Waals surface area contributed by atoms with Gasteiger partial charge < -0.3 is 20.1 Å². The van der Waals surface area contributed by atoms with Crippen LogP contribution in [0.3, 0.4) is 0 Å². The molecule has 0 spiro atoms. The molecule has 0 bridgehead atoms. The molecule has 8 heteroatoms. The third-order valence-electron chi connectivity index (χ3n) is 7.42. The van der Waals surface area contributed by atoms with E-state index in [0.29, 0.717) is 35.3 Å². The third-order valence-corrected chi connectivity index (χ3v) is 7.42. The molecule has 3 aromatic rings. The highest BCUT2D eigenvalue weighted by atomic mass is 19.1. The Morgan fingerprint density at radius 3 is 2.84 bits per heavy atom. The summed E-state index contributed by atoms with van der Waals surface area (Å²) in [6, 6.07) is 2.84. The quantitative estimate of drug-likeness (QED) is 0.445. The minimum atomic E-state index is -1.89. The van der Waals surface area contributed by atoms with E-state index < -0.39 is 11.6 Å². The molecule has 0 radical (unpaired) electrons. The average Bonchev–Trinajstić information content (AvgIpc) is 3.14. The number of benzene rings is 1. The summed E-state index contributed by atoms with van der Waals surface area (Å²) >= 11 is 0. The largest absolute Gasteiger partial charge is 0.458 e. The fourth-order valence-corrected chi connectivity index (χ4v) is 5.59. The summed E-state index contributed by atoms with van der Waals surface area (Å²) in [4.78, 5) is 30.5. The lowest BCUT2D eigenvalue weighted by molar-refractivity contribution is -0.172. The van der Waals surface area contributed by atoms with Gasteiger partial charge in [0.05, 0.1) is 29.0 Å². The Kier molecular flexibility index (Phi) is 3.81. The van der Waals surface area contributed by atoms with Gasteiger partial charge in [0.1, 0.15) is 12.4 Å². The van der Waals surface area contributed by atoms with Crippen LogP contribution in [-0.4, -0.2) is 20.6 Å². The van der Waals surface area contributed by atoms with Gasteiger partial charge in [-0.05, 0) is 48.9 Å². The van der Waals surface area contributed by atoms with Gasteiger partial charge >= 0.3 is 5.97 Å². The number of nitrogens with zero attached hydrogens (tertiary/aromatic N) is 2. The van der Waals surface area contributed by atoms with Gasteiger partial charge in [0.15, 0.2) is 5.60 Å². The van der Waals surface area contributed by atoms with E-state index in [9.17, 15) is 19.1 Å². The molecule has 2 atom stereocenters. The molecule has 2 aliphatic heterocycles. The molecule has 0 amide bonds. The molecule has 0 saturated carbocycles. The van der Waals surface area contributed by atoms with Crippen LogP contribution in [0.2, 0.25) is 0 Å². The fourth-order valence-electron chi connectivity index (χ4n) is 5.59. The predicted octanol–water partition coefficient (Wildman–Crippen LogP) is 2.47. The fraction of sp³-hybridized carbons (Fsp3) is 0.375. The Labute approximate surface area is 182 Å². The number of nitrogens with two attached hydrogens (primary N) is 1. The molecule has 6 rings (SSSR count). The van der Waals surface area contributed by atoms with Gasteiger partial charge in [-0.3, -0.25) is 4.79 Å². The van der Waals surface area contributed by atoms with Crippen molar-refractivity contribution in [2.24, 2.45) is 5.73 Å². The number of ether oxygens (including phenoxy) is 1. The van der Waals surface area contributed by atoms with Gasteiger partial charge in [-0.15, -0.1) is 0 Å². The number of hydrogen-bond acceptors (Lipinski definition) is 6. The number of carbonyl (C=O) groups is 1. The Morgan fingerprint density at radius 2 is 2.09 bits per heavy atom. The molecule has 2 aromatic heterocycles. The van der Waals surface area contributed by atoms with E-state index in [1.807, 2.05) is 0 Å². The van der Waals surface area contributed by atoms with Crippen molar-refractivity contribution >= 4 is 16.9 Å². The number of aliphatic hydroxyl groups is 1. The number of carbonyl (C=O) groups excluding carboxylic acids is 1. The first kappa shape index (κ1) is 19.6. The van der Waals surface area contributed by atoms with Crippen molar-refractivity contribution in [3.05, 3.63) is 61.7 Å². The summed E-state index contributed by atoms with van der Waals surface area (Å²) in [5.41, 5.74) is 9.72. The number of hydrogen-bond donors (Lipinski definition) is 2. The van der Waals surface area contributed by atoms with Crippen LogP contribution < -0.4 is 11.3 Å². The number of halogens is 1. The minimum Gasteiger partial charge on any atom is -0.458 e. The number of rotatable bonds is 1. The SMILES string of the molecule is CC[C@@]1(O)C(=O)OCc2c1cc1n(c2=O)Cc2c-1nc1cc(F)c(C)c3c1c2[C@H](N)CC3. The first-order chi connectivity index (χ1) is 15.3. The molecule has 3 N–H and O–H groups in total. The molecule has 4 heterocycles. The van der Waals surface area contributed by atoms with Crippen molar-refractivity contribution in [2.75, 3.05) is 0 Å². The summed E-state index contributed by atoms with van der Waals surface area (Å²) in [5.74, 6) is -1.08. The van der Waals surface area contributed by atoms with Crippen molar-refractivity contribution in [3.8, 4) is 11.4 Å². The second kappa shape index (κ2) is 6.24. The molecule has 164 valence electrons. The maximum absolute atomic E-state index is 14.7. The van der Waals surface area contributed by atoms with Gasteiger partial charge in [0.2, 0.25) is 0 Å². The zero-order valence-electron chi connectivity index (χ0n) is 17.8. The van der Waals surface area contributed by atoms with E-state index in [-0.39, 0.29) is 48.1 Å². The molecule has 1 aromatic carbocycles. The van der Waals surface area contributed by atoms with Gasteiger partial charge in [-0.2, -0.15) is 0 Å². The first-order valence-electron chi connectivity index (χ1n) is 10.8. The lowest BCUT2D eigenvalue weighted by atomic mass is 9.82. The number of esters is 1. The van der Waals surface area contributed by atoms with Crippen molar-refractivity contribution in [1.82, 2.24) is 9.55 Å². The normalized spacial score (nSPS) is 23.0. The second-order valence-corrected chi connectivity index (χ2v) is 8.96. The molecule has 32 heavy (non-hydrogen) atoms. The Hall–Kier alpha value is -3.10. The molecule has 0 unspecified atom stereocenters. The van der Waals surface area contributed by atoms with Crippen LogP contribution in [0.4, 0.5) is 4.39 Å². The summed E-state index contributed by atoms with van der Waals surface area (Å²) in [6.45, 7) is 3.55. The lowest BCUT2D eigenvalue weighted by Crippen LogP contribution is -2.44. The Balaban J connectivity index is 1.70. The van der Waals surface area contributed by atoms with Crippen molar-refractivity contribution in [2.45, 2.75) is 57.9 Å². The zero-order chi connectivity index (χ0) is 22.5. The lowest BCUT2D eigenvalue weighted by Gasteiger charge is -2.31. The highest BCUT2D eigenvalue weighted by Crippen LogP contribution is 2.45. The molecule has 1 aliphatic carbocycles. The van der Waals surface area contributed by atoms with Crippen LogP contribution in [0.25, 0.3) is 22.3 Å². The topological polar surface area (TPSA) is 107 Å². The van der Waals surface area contributed by atoms with Crippen LogP contribution in [0.15, 0.2) is 16.9 Å². The average molecular weight is 435 g/mol. The van der Waals surface area contributed by atoms with Crippen LogP contribution in [0.1, 0.15) is 59.2 Å². The predicted molar refractivity (Wildman–Crippen MR) is 114 cm³/mol. The van der Waals surface area contributed by atoms with Crippen molar-refractivity contribution < 1.29 is 19.0 Å². The van der Waals surface area contributed by atoms with E-state index in [1.54, 1.807) is 24.5 Å². The van der Waals surface area contributed by atoms with Gasteiger partial charge in [0.25, 0.3) is 5.56 Å². The van der Waals surface area contributed by atoms with E-state index in [1.165, 1.54) is 6.07 Å². The third kappa shape index (κ3) is 2.23. The van der Waals surface area contributed by atoms with E-state index >= 15 is 0 Å². The molecule has 0 fully saturated rings. The summed E-state index contributed by atoms with van der Waals surface area (Å²) in [7, 11) is 0. The van der Waals surface area contributed by atoms with Crippen molar-refractivity contribution in [3.63, 3.8) is 0 Å². The van der Waals surface area contributed by atoms with Crippen molar-refractivity contribution in [1.29, 1.82) is 0 Å². The van der Waals surface area contributed by atoms with E-state index in [0.717, 1.165) is 22.1 Å². The second-order valence-electron chi connectivity index (χ2n) is 8.96. The maximum atomic E-state index is 14.7. The molecule has 3 aliphatic rings. The van der Waals surface area contributed by atoms with Crippen LogP contribution in [-0.2, 0) is 34.7 Å². The Morgan fingerprint density at radius 1 is 1.31 bits per heavy atom. The number of fused-ring (bicyclic) bond motifs is 5. The zero-order valence-corrected chi connectivity index (χ0v) is 17.8. The maximum Gasteiger partial charge on any atom is 0.343 e. The molecular formula is C24H22FN3O4. The monoisotopic (exact) mass is 435 g/mol. The van der Waals surface area contributed by atoms with E-state index in [4.69, 9.17) is 15.5 Å². The number of pyridine rings is 2. The Bertz CT molecular complexity index is 1440. The summed E-state index contributed by atoms with van der Waals surface area (Å²) in [5, 5.41) is 11.9. The molecule has 0 saturated heterocycles. The standard InChI is InChI=1S/C24H22FN3O4/c1-3-24(31)14-6-18-21-12(8-28(18)22(29)13(14)9-32-23(24)30)19-16(26)5-4-11-10(2)15(25)7-17(27-21)20(11)19/h6-7,16,31H,3-5,8-9,26H2,1-2H3/t16-,24+/m1/s1. The van der Waals surface area contributed by atoms with Gasteiger partial charge in [0, 0.05) is 28.6 Å². The minimum absolute atomic E-state index is 0.0731. The molecular weight excluding hydrogens is 413 g/mol. The highest BCUT2D eigenvalue weighted by molar-refractivity contribution is 5.93. The van der Waals surface area contributed by atoms with E-state index in [2.05, 4.69) is 0 Å². The van der Waals surface area contributed by atoms with Gasteiger partial charge in [-0.25, -0.2) is 14.2 Å². The number of aromatic nitrogens is 2. The first-order valence-corrected chi connectivity index (χ1v) is 10.8. The smallest absolute Gasteiger partial charge is 0.343 e. The number of aryl methyl sites for hydroxylation is 1. The van der Waals surface area contributed by atoms with Crippen LogP contribution >= 0.6 is 0 Å². The van der Waals surface area contributed by atoms with Gasteiger partial charge in [-0.1, -0.05) is 6.92 Å². The van der Waals surface area contributed by atoms with Crippen LogP contribution in [0.5, 0.6) is 0 Å². The highest BCUT2D eigenvalue weighted by Gasteiger charge is 2.45. The summed E-state index contributed by atoms with van der Waals surface area (Å²) in [6.07, 6.45) is 1.44. The van der Waals surface area contributed by atoms with Crippen LogP contribution in [0, 0.1) is 12.7 Å². The molecule has 7 nitrogen and oxygen atoms in total.